The summed E-state index contributed by atoms with van der Waals surface area (Å²) in [6.07, 6.45) is 1.16. The highest BCUT2D eigenvalue weighted by atomic mass is 79.9. The van der Waals surface area contributed by atoms with Gasteiger partial charge in [-0.2, -0.15) is 0 Å². The number of aromatic carboxylic acids is 1. The molecule has 104 valence electrons. The maximum Gasteiger partial charge on any atom is 0.335 e. The summed E-state index contributed by atoms with van der Waals surface area (Å²) in [5.41, 5.74) is 0.569. The summed E-state index contributed by atoms with van der Waals surface area (Å²) in [6.45, 7) is 2.99. The van der Waals surface area contributed by atoms with Gasteiger partial charge in [0.2, 0.25) is 5.91 Å². The molecule has 0 radical (unpaired) electrons. The molecule has 0 aliphatic rings. The van der Waals surface area contributed by atoms with Gasteiger partial charge in [0.1, 0.15) is 0 Å². The van der Waals surface area contributed by atoms with Crippen molar-refractivity contribution in [2.45, 2.75) is 19.8 Å². The second-order valence-electron chi connectivity index (χ2n) is 3.94. The Morgan fingerprint density at radius 2 is 2.05 bits per heavy atom. The molecule has 0 heterocycles. The van der Waals surface area contributed by atoms with E-state index in [1.807, 2.05) is 6.92 Å². The number of carboxylic acid groups (broad SMARTS) is 1. The number of halogens is 1. The lowest BCUT2D eigenvalue weighted by atomic mass is 10.2. The van der Waals surface area contributed by atoms with Gasteiger partial charge in [-0.3, -0.25) is 4.79 Å². The van der Waals surface area contributed by atoms with Gasteiger partial charge in [-0.05, 0) is 24.6 Å². The summed E-state index contributed by atoms with van der Waals surface area (Å²) in [5, 5.41) is 11.6. The zero-order valence-electron chi connectivity index (χ0n) is 10.6. The number of ether oxygens (including phenoxy) is 1. The van der Waals surface area contributed by atoms with Crippen molar-refractivity contribution >= 4 is 33.5 Å². The quantitative estimate of drug-likeness (QED) is 0.754. The van der Waals surface area contributed by atoms with Crippen molar-refractivity contribution < 1.29 is 19.4 Å². The van der Waals surface area contributed by atoms with E-state index in [2.05, 4.69) is 21.2 Å². The lowest BCUT2D eigenvalue weighted by Gasteiger charge is -2.07. The minimum Gasteiger partial charge on any atom is -0.478 e. The summed E-state index contributed by atoms with van der Waals surface area (Å²) < 4.78 is 5.81. The minimum absolute atomic E-state index is 0.118. The predicted octanol–water partition coefficient (Wildman–Crippen LogP) is 2.90. The average Bonchev–Trinajstić information content (AvgIpc) is 2.34. The Labute approximate surface area is 120 Å². The van der Waals surface area contributed by atoms with Crippen molar-refractivity contribution in [3.05, 3.63) is 28.2 Å². The Bertz CT molecular complexity index is 462. The van der Waals surface area contributed by atoms with Crippen LogP contribution < -0.4 is 5.32 Å². The highest BCUT2D eigenvalue weighted by Crippen LogP contribution is 2.19. The Morgan fingerprint density at radius 1 is 1.32 bits per heavy atom. The van der Waals surface area contributed by atoms with Gasteiger partial charge < -0.3 is 15.2 Å². The molecule has 0 aliphatic carbocycles. The highest BCUT2D eigenvalue weighted by molar-refractivity contribution is 9.10. The molecule has 0 aliphatic heterocycles. The molecule has 19 heavy (non-hydrogen) atoms. The maximum absolute atomic E-state index is 11.6. The molecule has 0 bridgehead atoms. The van der Waals surface area contributed by atoms with Gasteiger partial charge in [-0.25, -0.2) is 4.79 Å². The maximum atomic E-state index is 11.6. The van der Waals surface area contributed by atoms with E-state index in [-0.39, 0.29) is 17.9 Å². The molecule has 0 atom stereocenters. The van der Waals surface area contributed by atoms with Gasteiger partial charge in [0.05, 0.1) is 18.6 Å². The van der Waals surface area contributed by atoms with Crippen LogP contribution in [0.5, 0.6) is 0 Å². The molecule has 0 saturated heterocycles. The molecule has 0 unspecified atom stereocenters. The smallest absolute Gasteiger partial charge is 0.335 e. The Balaban J connectivity index is 2.56. The molecule has 1 aromatic rings. The molecule has 6 heteroatoms. The van der Waals surface area contributed by atoms with Crippen molar-refractivity contribution in [2.24, 2.45) is 0 Å². The van der Waals surface area contributed by atoms with E-state index >= 15 is 0 Å². The van der Waals surface area contributed by atoms with Gasteiger partial charge in [0, 0.05) is 16.8 Å². The number of amides is 1. The number of anilines is 1. The van der Waals surface area contributed by atoms with Crippen LogP contribution in [0.15, 0.2) is 22.7 Å². The molecule has 0 saturated carbocycles. The van der Waals surface area contributed by atoms with E-state index in [0.717, 1.165) is 6.42 Å². The number of hydrogen-bond acceptors (Lipinski definition) is 3. The van der Waals surface area contributed by atoms with Crippen LogP contribution >= 0.6 is 15.9 Å². The Morgan fingerprint density at radius 3 is 2.68 bits per heavy atom. The van der Waals surface area contributed by atoms with Crippen LogP contribution in [0.1, 0.15) is 30.1 Å². The van der Waals surface area contributed by atoms with Gasteiger partial charge in [0.15, 0.2) is 0 Å². The molecule has 1 aromatic carbocycles. The number of benzene rings is 1. The lowest BCUT2D eigenvalue weighted by molar-refractivity contribution is -0.117. The number of carbonyl (C=O) groups excluding carboxylic acids is 1. The standard InChI is InChI=1S/C13H16BrNO4/c1-2-4-19-5-3-12(16)15-11-7-9(13(17)18)6-10(14)8-11/h6-8H,2-5H2,1H3,(H,15,16)(H,17,18). The minimum atomic E-state index is -1.04. The normalized spacial score (nSPS) is 10.2. The van der Waals surface area contributed by atoms with Crippen LogP contribution in [0, 0.1) is 0 Å². The lowest BCUT2D eigenvalue weighted by Crippen LogP contribution is -2.14. The molecule has 0 fully saturated rings. The first-order valence-electron chi connectivity index (χ1n) is 5.94. The van der Waals surface area contributed by atoms with Crippen LogP contribution in [0.4, 0.5) is 5.69 Å². The monoisotopic (exact) mass is 329 g/mol. The molecular weight excluding hydrogens is 314 g/mol. The third-order valence-electron chi connectivity index (χ3n) is 2.25. The molecule has 1 amide bonds. The van der Waals surface area contributed by atoms with Gasteiger partial charge in [-0.1, -0.05) is 22.9 Å². The third-order valence-corrected chi connectivity index (χ3v) is 2.71. The average molecular weight is 330 g/mol. The zero-order chi connectivity index (χ0) is 14.3. The predicted molar refractivity (Wildman–Crippen MR) is 75.5 cm³/mol. The highest BCUT2D eigenvalue weighted by Gasteiger charge is 2.08. The fraction of sp³-hybridized carbons (Fsp3) is 0.385. The van der Waals surface area contributed by atoms with E-state index in [0.29, 0.717) is 23.4 Å². The first-order chi connectivity index (χ1) is 9.02. The Hall–Kier alpha value is -1.40. The van der Waals surface area contributed by atoms with Crippen molar-refractivity contribution in [1.29, 1.82) is 0 Å². The largest absolute Gasteiger partial charge is 0.478 e. The molecule has 5 nitrogen and oxygen atoms in total. The number of carboxylic acids is 1. The third kappa shape index (κ3) is 5.85. The van der Waals surface area contributed by atoms with Gasteiger partial charge in [-0.15, -0.1) is 0 Å². The van der Waals surface area contributed by atoms with Crippen molar-refractivity contribution in [1.82, 2.24) is 0 Å². The van der Waals surface area contributed by atoms with E-state index < -0.39 is 5.97 Å². The number of rotatable bonds is 7. The zero-order valence-corrected chi connectivity index (χ0v) is 12.2. The summed E-state index contributed by atoms with van der Waals surface area (Å²) in [4.78, 5) is 22.5. The second kappa shape index (κ2) is 7.91. The summed E-state index contributed by atoms with van der Waals surface area (Å²) >= 11 is 3.21. The number of nitrogens with one attached hydrogen (secondary N) is 1. The molecule has 1 rings (SSSR count). The molecule has 0 aromatic heterocycles. The van der Waals surface area contributed by atoms with Crippen LogP contribution in [0.2, 0.25) is 0 Å². The summed E-state index contributed by atoms with van der Waals surface area (Å²) in [7, 11) is 0. The number of hydrogen-bond donors (Lipinski definition) is 2. The first-order valence-corrected chi connectivity index (χ1v) is 6.73. The van der Waals surface area contributed by atoms with E-state index in [1.165, 1.54) is 12.1 Å². The number of carbonyl (C=O) groups is 2. The van der Waals surface area contributed by atoms with Crippen LogP contribution in [0.25, 0.3) is 0 Å². The van der Waals surface area contributed by atoms with E-state index in [4.69, 9.17) is 9.84 Å². The summed E-state index contributed by atoms with van der Waals surface area (Å²) in [5.74, 6) is -1.24. The second-order valence-corrected chi connectivity index (χ2v) is 4.86. The SMILES string of the molecule is CCCOCCC(=O)Nc1cc(Br)cc(C(=O)O)c1. The summed E-state index contributed by atoms with van der Waals surface area (Å²) in [6, 6.07) is 4.54. The van der Waals surface area contributed by atoms with Crippen LogP contribution in [-0.4, -0.2) is 30.2 Å². The molecular formula is C13H16BrNO4. The first kappa shape index (κ1) is 15.7. The molecule has 2 N–H and O–H groups in total. The van der Waals surface area contributed by atoms with E-state index in [1.54, 1.807) is 6.07 Å². The fourth-order valence-corrected chi connectivity index (χ4v) is 1.91. The Kier molecular flexibility index (Phi) is 6.52. The van der Waals surface area contributed by atoms with Gasteiger partial charge >= 0.3 is 5.97 Å². The molecule has 0 spiro atoms. The van der Waals surface area contributed by atoms with E-state index in [9.17, 15) is 9.59 Å². The van der Waals surface area contributed by atoms with Crippen LogP contribution in [-0.2, 0) is 9.53 Å². The van der Waals surface area contributed by atoms with Gasteiger partial charge in [0.25, 0.3) is 0 Å². The van der Waals surface area contributed by atoms with Crippen molar-refractivity contribution in [2.75, 3.05) is 18.5 Å². The fourth-order valence-electron chi connectivity index (χ4n) is 1.42. The van der Waals surface area contributed by atoms with Crippen LogP contribution in [0.3, 0.4) is 0 Å². The van der Waals surface area contributed by atoms with Crippen molar-refractivity contribution in [3.8, 4) is 0 Å². The van der Waals surface area contributed by atoms with Crippen molar-refractivity contribution in [3.63, 3.8) is 0 Å². The topological polar surface area (TPSA) is 75.6 Å².